The number of nitrogens with two attached hydrogens (primary N) is 1. The van der Waals surface area contributed by atoms with Gasteiger partial charge in [-0.2, -0.15) is 0 Å². The second-order valence-electron chi connectivity index (χ2n) is 17.8. The van der Waals surface area contributed by atoms with Crippen molar-refractivity contribution >= 4 is 84.0 Å². The molecule has 0 unspecified atom stereocenters. The SMILES string of the molecule is CCC[CH2][Sn]([CH2]CCC)([CH2]CCC)[c]1cccc(COc2nc(N)nc3nc[nH]c23)c1.CCC[CH2][Sn]([CH2]CCC)([CH2]CCC)[c]1cccc(COc2nc(NC(C)=O)nc3nc[nH]c23)c1. The molecular formula is C50H76N10O3Sn2. The van der Waals surface area contributed by atoms with E-state index in [9.17, 15) is 4.79 Å². The van der Waals surface area contributed by atoms with Gasteiger partial charge in [0.2, 0.25) is 0 Å². The van der Waals surface area contributed by atoms with Crippen LogP contribution in [-0.2, 0) is 18.0 Å². The summed E-state index contributed by atoms with van der Waals surface area (Å²) in [4.78, 5) is 43.0. The average Bonchev–Trinajstić information content (AvgIpc) is 4.00. The molecule has 0 atom stereocenters. The second kappa shape index (κ2) is 27.0. The van der Waals surface area contributed by atoms with Crippen LogP contribution in [0.15, 0.2) is 61.2 Å². The molecule has 0 bridgehead atoms. The standard InChI is InChI=1S/C14H12N5O2.C12H10N5O.6C4H9.2Sn/c1-9(20)17-14-18-12-11(15-8-16-12)13(19-14)21-7-10-5-3-2-4-6-10;13-12-16-10-9(14-7-15-10)11(17-12)18-6-8-4-2-1-3-5-8;6*1-3-4-2;;/h2-3,5-6,8H,7H2,1H3,(H2,15,16,17,18,19,20);1-2,4-5,7H,6H2,(H3,13,14,15,16,17);6*1,3-4H2,2H3;;. The molecule has 65 heavy (non-hydrogen) atoms. The Labute approximate surface area is 395 Å². The molecule has 352 valence electrons. The number of aromatic nitrogens is 8. The predicted molar refractivity (Wildman–Crippen MR) is 273 cm³/mol. The van der Waals surface area contributed by atoms with Gasteiger partial charge in [0.15, 0.2) is 0 Å². The number of fused-ring (bicyclic) bond motifs is 2. The Bertz CT molecular complexity index is 2310. The summed E-state index contributed by atoms with van der Waals surface area (Å²) in [6, 6.07) is 18.4. The van der Waals surface area contributed by atoms with Gasteiger partial charge in [-0.05, 0) is 0 Å². The van der Waals surface area contributed by atoms with Crippen LogP contribution in [0.1, 0.15) is 137 Å². The van der Waals surface area contributed by atoms with Gasteiger partial charge >= 0.3 is 399 Å². The molecule has 0 saturated heterocycles. The van der Waals surface area contributed by atoms with Crippen LogP contribution in [0.3, 0.4) is 0 Å². The third kappa shape index (κ3) is 15.0. The van der Waals surface area contributed by atoms with Gasteiger partial charge in [-0.15, -0.1) is 0 Å². The fourth-order valence-corrected chi connectivity index (χ4v) is 41.3. The van der Waals surface area contributed by atoms with Crippen molar-refractivity contribution in [1.82, 2.24) is 39.9 Å². The predicted octanol–water partition coefficient (Wildman–Crippen LogP) is 11.5. The number of ether oxygens (including phenoxy) is 2. The van der Waals surface area contributed by atoms with Crippen LogP contribution >= 0.6 is 0 Å². The molecular weight excluding hydrogens is 1030 g/mol. The Balaban J connectivity index is 0.000000245. The summed E-state index contributed by atoms with van der Waals surface area (Å²) in [5.41, 5.74) is 10.5. The summed E-state index contributed by atoms with van der Waals surface area (Å²) in [6.45, 7) is 16.2. The number of H-pyrrole nitrogens is 2. The fraction of sp³-hybridized carbons (Fsp3) is 0.540. The summed E-state index contributed by atoms with van der Waals surface area (Å²) in [6.07, 6.45) is 18.9. The Morgan fingerprint density at radius 1 is 0.585 bits per heavy atom. The Kier molecular flexibility index (Phi) is 21.6. The minimum absolute atomic E-state index is 0.178. The van der Waals surface area contributed by atoms with Crippen LogP contribution in [0.2, 0.25) is 26.6 Å². The molecule has 5 N–H and O–H groups in total. The number of aromatic amines is 2. The molecule has 13 nitrogen and oxygen atoms in total. The van der Waals surface area contributed by atoms with E-state index in [0.717, 1.165) is 5.56 Å². The van der Waals surface area contributed by atoms with Crippen molar-refractivity contribution in [1.29, 1.82) is 0 Å². The van der Waals surface area contributed by atoms with E-state index in [1.165, 1.54) is 116 Å². The van der Waals surface area contributed by atoms with Crippen LogP contribution in [0.25, 0.3) is 22.3 Å². The van der Waals surface area contributed by atoms with E-state index in [2.05, 4.69) is 135 Å². The Hall–Kier alpha value is -3.99. The normalized spacial score (nSPS) is 11.7. The zero-order chi connectivity index (χ0) is 46.5. The molecule has 0 radical (unpaired) electrons. The molecule has 6 rings (SSSR count). The zero-order valence-corrected chi connectivity index (χ0v) is 46.1. The van der Waals surface area contributed by atoms with E-state index in [1.807, 2.05) is 0 Å². The number of anilines is 2. The van der Waals surface area contributed by atoms with E-state index in [4.69, 9.17) is 15.2 Å². The van der Waals surface area contributed by atoms with Crippen molar-refractivity contribution < 1.29 is 14.3 Å². The third-order valence-electron chi connectivity index (χ3n) is 12.7. The van der Waals surface area contributed by atoms with Crippen molar-refractivity contribution in [3.05, 3.63) is 72.3 Å². The van der Waals surface area contributed by atoms with Crippen molar-refractivity contribution in [3.8, 4) is 11.8 Å². The molecule has 1 amide bonds. The van der Waals surface area contributed by atoms with Gasteiger partial charge in [0, 0.05) is 0 Å². The van der Waals surface area contributed by atoms with E-state index in [-0.39, 0.29) is 17.8 Å². The van der Waals surface area contributed by atoms with Gasteiger partial charge in [0.05, 0.1) is 0 Å². The summed E-state index contributed by atoms with van der Waals surface area (Å²) >= 11 is -4.95. The number of hydrogen-bond acceptors (Lipinski definition) is 10. The number of imidazole rings is 2. The van der Waals surface area contributed by atoms with Gasteiger partial charge in [0.25, 0.3) is 0 Å². The Morgan fingerprint density at radius 3 is 1.38 bits per heavy atom. The number of unbranched alkanes of at least 4 members (excludes halogenated alkanes) is 6. The van der Waals surface area contributed by atoms with Crippen molar-refractivity contribution in [2.24, 2.45) is 0 Å². The first kappa shape index (κ1) is 52.0. The molecule has 0 aliphatic rings. The van der Waals surface area contributed by atoms with E-state index >= 15 is 0 Å². The molecule has 4 heterocycles. The van der Waals surface area contributed by atoms with E-state index in [0.29, 0.717) is 47.3 Å². The number of nitrogens with zero attached hydrogens (tertiary/aromatic N) is 6. The topological polar surface area (TPSA) is 182 Å². The van der Waals surface area contributed by atoms with Crippen LogP contribution in [0.5, 0.6) is 11.8 Å². The van der Waals surface area contributed by atoms with Crippen molar-refractivity contribution in [2.75, 3.05) is 11.1 Å². The number of rotatable bonds is 27. The summed E-state index contributed by atoms with van der Waals surface area (Å²) in [5.74, 6) is 1.00. The number of amides is 1. The molecule has 15 heteroatoms. The Morgan fingerprint density at radius 2 is 0.985 bits per heavy atom. The number of hydrogen-bond donors (Lipinski definition) is 4. The van der Waals surface area contributed by atoms with Crippen molar-refractivity contribution in [3.63, 3.8) is 0 Å². The second-order valence-corrected chi connectivity index (χ2v) is 44.3. The van der Waals surface area contributed by atoms with Crippen LogP contribution in [0, 0.1) is 0 Å². The first-order valence-electron chi connectivity index (χ1n) is 24.5. The molecule has 2 aromatic carbocycles. The average molecular weight is 1100 g/mol. The van der Waals surface area contributed by atoms with Crippen LogP contribution in [-0.4, -0.2) is 82.5 Å². The molecule has 0 aliphatic carbocycles. The van der Waals surface area contributed by atoms with E-state index < -0.39 is 36.8 Å². The summed E-state index contributed by atoms with van der Waals surface area (Å²) in [7, 11) is 0. The molecule has 6 aromatic rings. The van der Waals surface area contributed by atoms with Crippen LogP contribution < -0.4 is 27.7 Å². The number of benzene rings is 2. The minimum atomic E-state index is -2.50. The quantitative estimate of drug-likeness (QED) is 0.0362. The zero-order valence-electron chi connectivity index (χ0n) is 40.4. The van der Waals surface area contributed by atoms with Crippen molar-refractivity contribution in [2.45, 2.75) is 165 Å². The van der Waals surface area contributed by atoms with E-state index in [1.54, 1.807) is 19.8 Å². The number of nitrogens with one attached hydrogen (secondary N) is 3. The summed E-state index contributed by atoms with van der Waals surface area (Å²) in [5, 5.41) is 2.63. The first-order valence-corrected chi connectivity index (χ1v) is 39.5. The molecule has 0 aliphatic heterocycles. The van der Waals surface area contributed by atoms with Gasteiger partial charge in [-0.3, -0.25) is 0 Å². The maximum atomic E-state index is 11.5. The summed E-state index contributed by atoms with van der Waals surface area (Å²) < 4.78 is 24.2. The molecule has 0 saturated carbocycles. The van der Waals surface area contributed by atoms with Gasteiger partial charge in [-0.1, -0.05) is 0 Å². The molecule has 0 spiro atoms. The monoisotopic (exact) mass is 1100 g/mol. The molecule has 4 aromatic heterocycles. The number of carbonyl (C=O) groups excluding carboxylic acids is 1. The van der Waals surface area contributed by atoms with Gasteiger partial charge < -0.3 is 0 Å². The maximum absolute atomic E-state index is 11.5. The fourth-order valence-electron chi connectivity index (χ4n) is 9.04. The first-order chi connectivity index (χ1) is 31.6. The molecule has 0 fully saturated rings. The van der Waals surface area contributed by atoms with Gasteiger partial charge in [0.1, 0.15) is 0 Å². The number of nitrogen functional groups attached to an aromatic ring is 1. The van der Waals surface area contributed by atoms with Crippen LogP contribution in [0.4, 0.5) is 11.9 Å². The van der Waals surface area contributed by atoms with Gasteiger partial charge in [-0.25, -0.2) is 0 Å². The number of carbonyl (C=O) groups is 1. The third-order valence-corrected chi connectivity index (χ3v) is 43.9.